The van der Waals surface area contributed by atoms with Crippen LogP contribution in [0.2, 0.25) is 0 Å². The van der Waals surface area contributed by atoms with Gasteiger partial charge >= 0.3 is 0 Å². The monoisotopic (exact) mass is 268 g/mol. The molecule has 0 radical (unpaired) electrons. The van der Waals surface area contributed by atoms with Crippen molar-refractivity contribution in [3.05, 3.63) is 0 Å². The predicted molar refractivity (Wildman–Crippen MR) is 76.1 cm³/mol. The molecule has 0 aromatic rings. The SMILES string of the molecule is CC(OCCC1CCCCN1)C(=O)N1CCCCC1. The molecule has 4 heteroatoms. The van der Waals surface area contributed by atoms with E-state index in [9.17, 15) is 4.79 Å². The third-order valence-corrected chi connectivity index (χ3v) is 4.26. The molecule has 1 amide bonds. The number of nitrogens with one attached hydrogen (secondary N) is 1. The number of piperidine rings is 2. The molecule has 2 saturated heterocycles. The van der Waals surface area contributed by atoms with Gasteiger partial charge in [0.05, 0.1) is 0 Å². The van der Waals surface area contributed by atoms with Crippen LogP contribution < -0.4 is 5.32 Å². The summed E-state index contributed by atoms with van der Waals surface area (Å²) in [7, 11) is 0. The molecule has 2 unspecified atom stereocenters. The average molecular weight is 268 g/mol. The van der Waals surface area contributed by atoms with E-state index in [0.29, 0.717) is 12.6 Å². The number of hydrogen-bond acceptors (Lipinski definition) is 3. The summed E-state index contributed by atoms with van der Waals surface area (Å²) in [4.78, 5) is 14.1. The van der Waals surface area contributed by atoms with E-state index in [4.69, 9.17) is 4.74 Å². The van der Waals surface area contributed by atoms with Crippen molar-refractivity contribution in [2.45, 2.75) is 64.0 Å². The second kappa shape index (κ2) is 7.85. The Morgan fingerprint density at radius 3 is 2.74 bits per heavy atom. The third-order valence-electron chi connectivity index (χ3n) is 4.26. The number of nitrogens with zero attached hydrogens (tertiary/aromatic N) is 1. The van der Waals surface area contributed by atoms with E-state index in [1.165, 1.54) is 25.7 Å². The van der Waals surface area contributed by atoms with Crippen molar-refractivity contribution in [2.24, 2.45) is 0 Å². The quantitative estimate of drug-likeness (QED) is 0.828. The summed E-state index contributed by atoms with van der Waals surface area (Å²) in [6, 6.07) is 0.589. The lowest BCUT2D eigenvalue weighted by Gasteiger charge is -2.29. The van der Waals surface area contributed by atoms with Crippen LogP contribution in [0.4, 0.5) is 0 Å². The highest BCUT2D eigenvalue weighted by Gasteiger charge is 2.22. The van der Waals surface area contributed by atoms with Gasteiger partial charge in [0.1, 0.15) is 6.10 Å². The van der Waals surface area contributed by atoms with E-state index < -0.39 is 0 Å². The van der Waals surface area contributed by atoms with Crippen LogP contribution in [0.5, 0.6) is 0 Å². The van der Waals surface area contributed by atoms with E-state index in [1.807, 2.05) is 11.8 Å². The van der Waals surface area contributed by atoms with Gasteiger partial charge in [-0.2, -0.15) is 0 Å². The Bertz CT molecular complexity index is 271. The highest BCUT2D eigenvalue weighted by atomic mass is 16.5. The highest BCUT2D eigenvalue weighted by Crippen LogP contribution is 2.13. The van der Waals surface area contributed by atoms with Gasteiger partial charge in [-0.1, -0.05) is 6.42 Å². The van der Waals surface area contributed by atoms with Crippen LogP contribution in [0.1, 0.15) is 51.9 Å². The summed E-state index contributed by atoms with van der Waals surface area (Å²) in [6.07, 6.45) is 8.15. The van der Waals surface area contributed by atoms with Crippen molar-refractivity contribution in [1.29, 1.82) is 0 Å². The number of carbonyl (C=O) groups is 1. The molecular formula is C15H28N2O2. The summed E-state index contributed by atoms with van der Waals surface area (Å²) in [5.41, 5.74) is 0. The van der Waals surface area contributed by atoms with Crippen LogP contribution >= 0.6 is 0 Å². The minimum atomic E-state index is -0.276. The van der Waals surface area contributed by atoms with E-state index >= 15 is 0 Å². The Hall–Kier alpha value is -0.610. The van der Waals surface area contributed by atoms with E-state index in [1.54, 1.807) is 0 Å². The summed E-state index contributed by atoms with van der Waals surface area (Å²) < 4.78 is 5.73. The Morgan fingerprint density at radius 1 is 1.26 bits per heavy atom. The van der Waals surface area contributed by atoms with Gasteiger partial charge in [-0.15, -0.1) is 0 Å². The highest BCUT2D eigenvalue weighted by molar-refractivity contribution is 5.80. The second-order valence-corrected chi connectivity index (χ2v) is 5.83. The zero-order chi connectivity index (χ0) is 13.5. The molecule has 2 fully saturated rings. The molecule has 0 saturated carbocycles. The summed E-state index contributed by atoms with van der Waals surface area (Å²) in [5, 5.41) is 3.51. The smallest absolute Gasteiger partial charge is 0.251 e. The molecule has 2 atom stereocenters. The first-order valence-corrected chi connectivity index (χ1v) is 7.91. The zero-order valence-corrected chi connectivity index (χ0v) is 12.2. The molecule has 1 N–H and O–H groups in total. The lowest BCUT2D eigenvalue weighted by atomic mass is 10.0. The van der Waals surface area contributed by atoms with Crippen LogP contribution in [-0.2, 0) is 9.53 Å². The van der Waals surface area contributed by atoms with Crippen LogP contribution in [-0.4, -0.2) is 49.2 Å². The predicted octanol–water partition coefficient (Wildman–Crippen LogP) is 1.94. The molecule has 2 heterocycles. The van der Waals surface area contributed by atoms with Crippen LogP contribution in [0.3, 0.4) is 0 Å². The summed E-state index contributed by atoms with van der Waals surface area (Å²) in [6.45, 7) is 5.55. The van der Waals surface area contributed by atoms with E-state index in [0.717, 1.165) is 38.9 Å². The van der Waals surface area contributed by atoms with Gasteiger partial charge in [0, 0.05) is 25.7 Å². The topological polar surface area (TPSA) is 41.6 Å². The molecule has 4 nitrogen and oxygen atoms in total. The summed E-state index contributed by atoms with van der Waals surface area (Å²) >= 11 is 0. The standard InChI is InChI=1S/C15H28N2O2/c1-13(15(18)17-10-5-2-6-11-17)19-12-8-14-7-3-4-9-16-14/h13-14,16H,2-12H2,1H3. The molecule has 2 aliphatic heterocycles. The Balaban J connectivity index is 1.62. The molecule has 0 aromatic carbocycles. The van der Waals surface area contributed by atoms with Gasteiger partial charge < -0.3 is 15.0 Å². The molecule has 0 aliphatic carbocycles. The maximum absolute atomic E-state index is 12.2. The zero-order valence-electron chi connectivity index (χ0n) is 12.2. The third kappa shape index (κ3) is 4.77. The lowest BCUT2D eigenvalue weighted by molar-refractivity contribution is -0.143. The minimum Gasteiger partial charge on any atom is -0.369 e. The molecule has 19 heavy (non-hydrogen) atoms. The van der Waals surface area contributed by atoms with Crippen LogP contribution in [0.15, 0.2) is 0 Å². The first-order chi connectivity index (χ1) is 9.27. The van der Waals surface area contributed by atoms with Crippen LogP contribution in [0.25, 0.3) is 0 Å². The number of amides is 1. The Morgan fingerprint density at radius 2 is 2.05 bits per heavy atom. The van der Waals surface area contributed by atoms with Crippen LogP contribution in [0, 0.1) is 0 Å². The minimum absolute atomic E-state index is 0.177. The maximum atomic E-state index is 12.2. The number of rotatable bonds is 5. The molecular weight excluding hydrogens is 240 g/mol. The van der Waals surface area contributed by atoms with Crippen molar-refractivity contribution in [2.75, 3.05) is 26.2 Å². The van der Waals surface area contributed by atoms with Crippen molar-refractivity contribution in [3.8, 4) is 0 Å². The lowest BCUT2D eigenvalue weighted by Crippen LogP contribution is -2.42. The van der Waals surface area contributed by atoms with Crippen molar-refractivity contribution < 1.29 is 9.53 Å². The van der Waals surface area contributed by atoms with Crippen molar-refractivity contribution in [3.63, 3.8) is 0 Å². The molecule has 0 bridgehead atoms. The van der Waals surface area contributed by atoms with Gasteiger partial charge in [0.2, 0.25) is 0 Å². The van der Waals surface area contributed by atoms with Gasteiger partial charge in [-0.25, -0.2) is 0 Å². The number of ether oxygens (including phenoxy) is 1. The maximum Gasteiger partial charge on any atom is 0.251 e. The fourth-order valence-electron chi connectivity index (χ4n) is 3.00. The van der Waals surface area contributed by atoms with E-state index in [2.05, 4.69) is 5.32 Å². The molecule has 0 aromatic heterocycles. The number of likely N-dealkylation sites (tertiary alicyclic amines) is 1. The number of hydrogen-bond donors (Lipinski definition) is 1. The second-order valence-electron chi connectivity index (χ2n) is 5.83. The van der Waals surface area contributed by atoms with Crippen molar-refractivity contribution in [1.82, 2.24) is 10.2 Å². The largest absolute Gasteiger partial charge is 0.369 e. The first-order valence-electron chi connectivity index (χ1n) is 7.91. The van der Waals surface area contributed by atoms with E-state index in [-0.39, 0.29) is 12.0 Å². The average Bonchev–Trinajstić information content (AvgIpc) is 2.48. The van der Waals surface area contributed by atoms with Gasteiger partial charge in [-0.3, -0.25) is 4.79 Å². The Labute approximate surface area is 116 Å². The normalized spacial score (nSPS) is 26.2. The summed E-state index contributed by atoms with van der Waals surface area (Å²) in [5.74, 6) is 0.177. The molecule has 0 spiro atoms. The molecule has 110 valence electrons. The molecule has 2 aliphatic rings. The molecule has 2 rings (SSSR count). The fourth-order valence-corrected chi connectivity index (χ4v) is 3.00. The first kappa shape index (κ1) is 14.8. The Kier molecular flexibility index (Phi) is 6.11. The fraction of sp³-hybridized carbons (Fsp3) is 0.933. The van der Waals surface area contributed by atoms with Gasteiger partial charge in [0.25, 0.3) is 5.91 Å². The van der Waals surface area contributed by atoms with Gasteiger partial charge in [-0.05, 0) is 52.0 Å². The van der Waals surface area contributed by atoms with Gasteiger partial charge in [0.15, 0.2) is 0 Å². The van der Waals surface area contributed by atoms with Crippen molar-refractivity contribution >= 4 is 5.91 Å². The number of carbonyl (C=O) groups excluding carboxylic acids is 1.